The van der Waals surface area contributed by atoms with Crippen LogP contribution in [-0.4, -0.2) is 29.4 Å². The van der Waals surface area contributed by atoms with Crippen molar-refractivity contribution in [3.8, 4) is 0 Å². The molecule has 0 aliphatic heterocycles. The second-order valence-corrected chi connectivity index (χ2v) is 2.97. The Morgan fingerprint density at radius 1 is 1.20 bits per heavy atom. The van der Waals surface area contributed by atoms with Crippen molar-refractivity contribution in [3.63, 3.8) is 0 Å². The first-order valence-corrected chi connectivity index (χ1v) is 4.49. The molecular formula is C10H14O5. The molecule has 0 aromatic heterocycles. The number of Topliss-reactive ketones (excluding diaryl/α,β-unsaturated/α-hetero) is 1. The van der Waals surface area contributed by atoms with Crippen LogP contribution >= 0.6 is 0 Å². The van der Waals surface area contributed by atoms with Gasteiger partial charge in [0.2, 0.25) is 0 Å². The highest BCUT2D eigenvalue weighted by Gasteiger charge is 2.16. The lowest BCUT2D eigenvalue weighted by atomic mass is 10.0. The largest absolute Gasteiger partial charge is 0.478 e. The highest BCUT2D eigenvalue weighted by molar-refractivity contribution is 6.03. The minimum Gasteiger partial charge on any atom is -0.478 e. The molecule has 0 aromatic rings. The summed E-state index contributed by atoms with van der Waals surface area (Å²) in [6, 6.07) is 0. The Hall–Kier alpha value is -1.65. The molecule has 0 unspecified atom stereocenters. The average molecular weight is 214 g/mol. The van der Waals surface area contributed by atoms with Gasteiger partial charge in [-0.2, -0.15) is 0 Å². The minimum atomic E-state index is -1.14. The first-order chi connectivity index (χ1) is 6.90. The maximum atomic E-state index is 11.4. The number of aliphatic carboxylic acids is 1. The van der Waals surface area contributed by atoms with E-state index in [4.69, 9.17) is 5.11 Å². The quantitative estimate of drug-likeness (QED) is 0.544. The molecule has 1 N–H and O–H groups in total. The maximum Gasteiger partial charge on any atom is 0.331 e. The lowest BCUT2D eigenvalue weighted by Gasteiger charge is -2.06. The molecule has 0 spiro atoms. The summed E-state index contributed by atoms with van der Waals surface area (Å²) in [4.78, 5) is 32.5. The molecule has 0 atom stereocenters. The van der Waals surface area contributed by atoms with Gasteiger partial charge in [0.05, 0.1) is 0 Å². The van der Waals surface area contributed by atoms with E-state index in [2.05, 4.69) is 4.74 Å². The molecule has 0 fully saturated rings. The van der Waals surface area contributed by atoms with E-state index in [1.165, 1.54) is 13.8 Å². The number of ether oxygens (including phenoxy) is 1. The predicted molar refractivity (Wildman–Crippen MR) is 52.3 cm³/mol. The van der Waals surface area contributed by atoms with E-state index in [1.807, 2.05) is 0 Å². The maximum absolute atomic E-state index is 11.4. The first kappa shape index (κ1) is 13.4. The minimum absolute atomic E-state index is 0.00495. The molecule has 0 saturated heterocycles. The zero-order chi connectivity index (χ0) is 12.0. The van der Waals surface area contributed by atoms with E-state index in [1.54, 1.807) is 6.92 Å². The van der Waals surface area contributed by atoms with Crippen molar-refractivity contribution in [2.45, 2.75) is 27.2 Å². The fourth-order valence-electron chi connectivity index (χ4n) is 1.05. The smallest absolute Gasteiger partial charge is 0.331 e. The normalized spacial score (nSPS) is 11.7. The van der Waals surface area contributed by atoms with E-state index in [0.29, 0.717) is 6.42 Å². The van der Waals surface area contributed by atoms with Crippen LogP contribution in [0, 0.1) is 0 Å². The molecule has 0 aromatic carbocycles. The molecule has 15 heavy (non-hydrogen) atoms. The van der Waals surface area contributed by atoms with E-state index in [-0.39, 0.29) is 11.1 Å². The highest BCUT2D eigenvalue weighted by atomic mass is 16.5. The van der Waals surface area contributed by atoms with Crippen molar-refractivity contribution in [1.29, 1.82) is 0 Å². The SMILES string of the molecule is CC/C(C(=O)COC(C)=O)=C(/C)C(=O)O. The second kappa shape index (κ2) is 5.95. The Kier molecular flexibility index (Phi) is 5.30. The van der Waals surface area contributed by atoms with Crippen molar-refractivity contribution in [3.05, 3.63) is 11.1 Å². The van der Waals surface area contributed by atoms with Gasteiger partial charge in [-0.05, 0) is 13.3 Å². The Bertz CT molecular complexity index is 314. The van der Waals surface area contributed by atoms with Crippen molar-refractivity contribution >= 4 is 17.7 Å². The number of rotatable bonds is 5. The summed E-state index contributed by atoms with van der Waals surface area (Å²) in [6.45, 7) is 3.82. The molecule has 84 valence electrons. The van der Waals surface area contributed by atoms with Gasteiger partial charge in [0.15, 0.2) is 12.4 Å². The monoisotopic (exact) mass is 214 g/mol. The van der Waals surface area contributed by atoms with Gasteiger partial charge in [0.1, 0.15) is 0 Å². The number of carboxylic acid groups (broad SMARTS) is 1. The van der Waals surface area contributed by atoms with Crippen molar-refractivity contribution < 1.29 is 24.2 Å². The third-order valence-corrected chi connectivity index (χ3v) is 1.87. The molecule has 0 rings (SSSR count). The van der Waals surface area contributed by atoms with Crippen LogP contribution in [0.5, 0.6) is 0 Å². The Balaban J connectivity index is 4.69. The molecule has 0 aliphatic rings. The highest BCUT2D eigenvalue weighted by Crippen LogP contribution is 2.10. The Labute approximate surface area is 87.7 Å². The molecule has 5 nitrogen and oxygen atoms in total. The Morgan fingerprint density at radius 2 is 1.73 bits per heavy atom. The number of carbonyl (C=O) groups is 3. The van der Waals surface area contributed by atoms with Gasteiger partial charge >= 0.3 is 11.9 Å². The molecule has 0 radical (unpaired) electrons. The van der Waals surface area contributed by atoms with Crippen molar-refractivity contribution in [2.75, 3.05) is 6.61 Å². The van der Waals surface area contributed by atoms with Crippen LogP contribution < -0.4 is 0 Å². The summed E-state index contributed by atoms with van der Waals surface area (Å²) in [5.41, 5.74) is 0.179. The number of esters is 1. The predicted octanol–water partition coefficient (Wildman–Crippen LogP) is 0.930. The van der Waals surface area contributed by atoms with Crippen LogP contribution in [-0.2, 0) is 19.1 Å². The van der Waals surface area contributed by atoms with Crippen LogP contribution in [0.2, 0.25) is 0 Å². The molecule has 0 amide bonds. The number of ketones is 1. The molecular weight excluding hydrogens is 200 g/mol. The van der Waals surface area contributed by atoms with Crippen molar-refractivity contribution in [1.82, 2.24) is 0 Å². The standard InChI is InChI=1S/C10H14O5/c1-4-8(6(2)10(13)14)9(12)5-15-7(3)11/h4-5H2,1-3H3,(H,13,14)/b8-6+. The van der Waals surface area contributed by atoms with Crippen LogP contribution in [0.1, 0.15) is 27.2 Å². The van der Waals surface area contributed by atoms with Crippen LogP contribution in [0.3, 0.4) is 0 Å². The second-order valence-electron chi connectivity index (χ2n) is 2.97. The van der Waals surface area contributed by atoms with E-state index in [9.17, 15) is 14.4 Å². The third-order valence-electron chi connectivity index (χ3n) is 1.87. The first-order valence-electron chi connectivity index (χ1n) is 4.49. The van der Waals surface area contributed by atoms with Gasteiger partial charge in [0.25, 0.3) is 0 Å². The summed E-state index contributed by atoms with van der Waals surface area (Å²) in [7, 11) is 0. The van der Waals surface area contributed by atoms with E-state index in [0.717, 1.165) is 0 Å². The van der Waals surface area contributed by atoms with Gasteiger partial charge in [-0.1, -0.05) is 6.92 Å². The number of hydrogen-bond acceptors (Lipinski definition) is 4. The summed E-state index contributed by atoms with van der Waals surface area (Å²) < 4.78 is 4.50. The van der Waals surface area contributed by atoms with Gasteiger partial charge in [-0.15, -0.1) is 0 Å². The molecule has 0 saturated carbocycles. The van der Waals surface area contributed by atoms with Gasteiger partial charge in [0, 0.05) is 18.1 Å². The fraction of sp³-hybridized carbons (Fsp3) is 0.500. The molecule has 0 heterocycles. The van der Waals surface area contributed by atoms with Crippen LogP contribution in [0.4, 0.5) is 0 Å². The Morgan fingerprint density at radius 3 is 2.07 bits per heavy atom. The summed E-state index contributed by atoms with van der Waals surface area (Å²) in [5.74, 6) is -2.16. The van der Waals surface area contributed by atoms with Gasteiger partial charge < -0.3 is 9.84 Å². The number of hydrogen-bond donors (Lipinski definition) is 1. The summed E-state index contributed by atoms with van der Waals surface area (Å²) >= 11 is 0. The van der Waals surface area contributed by atoms with E-state index < -0.39 is 24.3 Å². The molecule has 5 heteroatoms. The average Bonchev–Trinajstić information content (AvgIpc) is 2.15. The summed E-state index contributed by atoms with van der Waals surface area (Å²) in [6.07, 6.45) is 0.304. The lowest BCUT2D eigenvalue weighted by Crippen LogP contribution is -2.16. The zero-order valence-electron chi connectivity index (χ0n) is 8.99. The van der Waals surface area contributed by atoms with Gasteiger partial charge in [-0.3, -0.25) is 9.59 Å². The van der Waals surface area contributed by atoms with Gasteiger partial charge in [-0.25, -0.2) is 4.79 Å². The number of carboxylic acids is 1. The van der Waals surface area contributed by atoms with Crippen LogP contribution in [0.15, 0.2) is 11.1 Å². The molecule has 0 bridgehead atoms. The topological polar surface area (TPSA) is 80.7 Å². The third kappa shape index (κ3) is 4.39. The summed E-state index contributed by atoms with van der Waals surface area (Å²) in [5, 5.41) is 8.69. The van der Waals surface area contributed by atoms with Crippen LogP contribution in [0.25, 0.3) is 0 Å². The fourth-order valence-corrected chi connectivity index (χ4v) is 1.05. The molecule has 0 aliphatic carbocycles. The number of carbonyl (C=O) groups excluding carboxylic acids is 2. The lowest BCUT2D eigenvalue weighted by molar-refractivity contribution is -0.144. The van der Waals surface area contributed by atoms with Crippen molar-refractivity contribution in [2.24, 2.45) is 0 Å². The zero-order valence-corrected chi connectivity index (χ0v) is 8.99. The van der Waals surface area contributed by atoms with E-state index >= 15 is 0 Å².